The number of hydrogen-bond acceptors (Lipinski definition) is 2. The van der Waals surface area contributed by atoms with Crippen molar-refractivity contribution >= 4 is 11.4 Å². The van der Waals surface area contributed by atoms with E-state index in [2.05, 4.69) is 60.7 Å². The van der Waals surface area contributed by atoms with Crippen molar-refractivity contribution in [2.45, 2.75) is 6.42 Å². The lowest BCUT2D eigenvalue weighted by molar-refractivity contribution is 1.26. The standard InChI is InChI=1S/C25H20N2/c26-19-9-5-16(6-10-19)21-13-14-23(17-7-11-20(27)12-8-17)25-22-4-2-1-3-18(22)15-24(21)25/h1-14H,15,26-27H2. The maximum absolute atomic E-state index is 5.90. The fourth-order valence-corrected chi connectivity index (χ4v) is 4.08. The van der Waals surface area contributed by atoms with Crippen molar-refractivity contribution in [3.8, 4) is 33.4 Å². The molecule has 0 saturated carbocycles. The third-order valence-electron chi connectivity index (χ3n) is 5.41. The van der Waals surface area contributed by atoms with E-state index in [9.17, 15) is 0 Å². The first-order valence-electron chi connectivity index (χ1n) is 9.17. The molecule has 0 spiro atoms. The zero-order valence-corrected chi connectivity index (χ0v) is 14.9. The second-order valence-electron chi connectivity index (χ2n) is 7.09. The van der Waals surface area contributed by atoms with Crippen LogP contribution < -0.4 is 11.5 Å². The molecule has 0 amide bonds. The minimum atomic E-state index is 0.786. The summed E-state index contributed by atoms with van der Waals surface area (Å²) in [5, 5.41) is 0. The minimum Gasteiger partial charge on any atom is -0.399 e. The van der Waals surface area contributed by atoms with Gasteiger partial charge < -0.3 is 11.5 Å². The number of fused-ring (bicyclic) bond motifs is 3. The summed E-state index contributed by atoms with van der Waals surface area (Å²) in [6, 6.07) is 29.5. The Labute approximate surface area is 159 Å². The molecular weight excluding hydrogens is 328 g/mol. The highest BCUT2D eigenvalue weighted by molar-refractivity contribution is 5.95. The van der Waals surface area contributed by atoms with Gasteiger partial charge in [-0.05, 0) is 75.2 Å². The predicted octanol–water partition coefficient (Wildman–Crippen LogP) is 5.76. The van der Waals surface area contributed by atoms with Gasteiger partial charge in [0.2, 0.25) is 0 Å². The van der Waals surface area contributed by atoms with Gasteiger partial charge in [0.15, 0.2) is 0 Å². The molecule has 2 nitrogen and oxygen atoms in total. The van der Waals surface area contributed by atoms with Crippen LogP contribution in [-0.2, 0) is 6.42 Å². The highest BCUT2D eigenvalue weighted by atomic mass is 14.5. The molecule has 130 valence electrons. The predicted molar refractivity (Wildman–Crippen MR) is 114 cm³/mol. The molecule has 0 unspecified atom stereocenters. The molecule has 0 heterocycles. The van der Waals surface area contributed by atoms with Crippen molar-refractivity contribution in [2.75, 3.05) is 11.5 Å². The fourth-order valence-electron chi connectivity index (χ4n) is 4.08. The normalized spacial score (nSPS) is 11.9. The van der Waals surface area contributed by atoms with Gasteiger partial charge in [-0.3, -0.25) is 0 Å². The van der Waals surface area contributed by atoms with Gasteiger partial charge in [0.05, 0.1) is 0 Å². The fraction of sp³-hybridized carbons (Fsp3) is 0.0400. The Balaban J connectivity index is 1.77. The number of hydrogen-bond donors (Lipinski definition) is 2. The average molecular weight is 348 g/mol. The van der Waals surface area contributed by atoms with E-state index in [4.69, 9.17) is 11.5 Å². The molecule has 0 saturated heterocycles. The highest BCUT2D eigenvalue weighted by Gasteiger charge is 2.24. The Morgan fingerprint density at radius 1 is 0.519 bits per heavy atom. The van der Waals surface area contributed by atoms with Crippen LogP contribution in [0.4, 0.5) is 11.4 Å². The van der Waals surface area contributed by atoms with Gasteiger partial charge in [0.25, 0.3) is 0 Å². The molecule has 27 heavy (non-hydrogen) atoms. The summed E-state index contributed by atoms with van der Waals surface area (Å²) in [4.78, 5) is 0. The van der Waals surface area contributed by atoms with E-state index in [0.717, 1.165) is 17.8 Å². The zero-order chi connectivity index (χ0) is 18.4. The van der Waals surface area contributed by atoms with Crippen LogP contribution in [0.1, 0.15) is 11.1 Å². The van der Waals surface area contributed by atoms with E-state index in [0.29, 0.717) is 0 Å². The molecule has 1 aliphatic carbocycles. The van der Waals surface area contributed by atoms with Gasteiger partial charge in [-0.1, -0.05) is 60.7 Å². The van der Waals surface area contributed by atoms with Gasteiger partial charge in [-0.25, -0.2) is 0 Å². The second kappa shape index (κ2) is 6.03. The van der Waals surface area contributed by atoms with E-state index >= 15 is 0 Å². The molecule has 0 fully saturated rings. The molecule has 0 aromatic heterocycles. The van der Waals surface area contributed by atoms with Crippen LogP contribution in [0.15, 0.2) is 84.9 Å². The van der Waals surface area contributed by atoms with Crippen molar-refractivity contribution in [3.63, 3.8) is 0 Å². The summed E-state index contributed by atoms with van der Waals surface area (Å²) in [6.07, 6.45) is 0.952. The number of rotatable bonds is 2. The van der Waals surface area contributed by atoms with E-state index in [1.54, 1.807) is 0 Å². The van der Waals surface area contributed by atoms with Crippen molar-refractivity contribution < 1.29 is 0 Å². The van der Waals surface area contributed by atoms with Crippen molar-refractivity contribution in [1.82, 2.24) is 0 Å². The van der Waals surface area contributed by atoms with Crippen LogP contribution in [0, 0.1) is 0 Å². The summed E-state index contributed by atoms with van der Waals surface area (Å²) in [5.41, 5.74) is 23.7. The quantitative estimate of drug-likeness (QED) is 0.399. The average Bonchev–Trinajstić information content (AvgIpc) is 3.08. The minimum absolute atomic E-state index is 0.786. The van der Waals surface area contributed by atoms with E-state index in [1.165, 1.54) is 44.5 Å². The summed E-state index contributed by atoms with van der Waals surface area (Å²) >= 11 is 0. The smallest absolute Gasteiger partial charge is 0.0314 e. The van der Waals surface area contributed by atoms with Crippen molar-refractivity contribution in [3.05, 3.63) is 96.1 Å². The Kier molecular flexibility index (Phi) is 3.51. The number of anilines is 2. The summed E-state index contributed by atoms with van der Waals surface area (Å²) in [5.74, 6) is 0. The first-order valence-corrected chi connectivity index (χ1v) is 9.17. The maximum Gasteiger partial charge on any atom is 0.0314 e. The van der Waals surface area contributed by atoms with Gasteiger partial charge in [0.1, 0.15) is 0 Å². The lowest BCUT2D eigenvalue weighted by Crippen LogP contribution is -1.92. The van der Waals surface area contributed by atoms with Gasteiger partial charge in [-0.15, -0.1) is 0 Å². The summed E-state index contributed by atoms with van der Waals surface area (Å²) in [7, 11) is 0. The SMILES string of the molecule is Nc1ccc(-c2ccc(-c3ccc(N)cc3)c3c2Cc2ccccc2-3)cc1. The lowest BCUT2D eigenvalue weighted by Gasteiger charge is -2.15. The van der Waals surface area contributed by atoms with Crippen LogP contribution in [-0.4, -0.2) is 0 Å². The molecule has 4 aromatic rings. The largest absolute Gasteiger partial charge is 0.399 e. The Bertz CT molecular complexity index is 1140. The van der Waals surface area contributed by atoms with Gasteiger partial charge in [0, 0.05) is 11.4 Å². The van der Waals surface area contributed by atoms with Crippen LogP contribution in [0.3, 0.4) is 0 Å². The first-order chi connectivity index (χ1) is 13.2. The molecule has 0 aliphatic heterocycles. The van der Waals surface area contributed by atoms with Crippen molar-refractivity contribution in [1.29, 1.82) is 0 Å². The Hall–Kier alpha value is -3.52. The summed E-state index contributed by atoms with van der Waals surface area (Å²) < 4.78 is 0. The molecule has 0 bridgehead atoms. The van der Waals surface area contributed by atoms with Gasteiger partial charge >= 0.3 is 0 Å². The number of nitrogen functional groups attached to an aromatic ring is 2. The monoisotopic (exact) mass is 348 g/mol. The van der Waals surface area contributed by atoms with Crippen LogP contribution in [0.5, 0.6) is 0 Å². The van der Waals surface area contributed by atoms with Crippen LogP contribution in [0.25, 0.3) is 33.4 Å². The maximum atomic E-state index is 5.90. The molecule has 0 atom stereocenters. The number of nitrogens with two attached hydrogens (primary N) is 2. The molecule has 4 N–H and O–H groups in total. The first kappa shape index (κ1) is 15.7. The van der Waals surface area contributed by atoms with Crippen molar-refractivity contribution in [2.24, 2.45) is 0 Å². The van der Waals surface area contributed by atoms with E-state index in [1.807, 2.05) is 24.3 Å². The number of benzene rings is 4. The van der Waals surface area contributed by atoms with E-state index < -0.39 is 0 Å². The molecule has 4 aromatic carbocycles. The van der Waals surface area contributed by atoms with Gasteiger partial charge in [-0.2, -0.15) is 0 Å². The molecule has 5 rings (SSSR count). The third kappa shape index (κ3) is 2.58. The molecule has 0 radical (unpaired) electrons. The third-order valence-corrected chi connectivity index (χ3v) is 5.41. The molecule has 1 aliphatic rings. The highest BCUT2D eigenvalue weighted by Crippen LogP contribution is 2.46. The van der Waals surface area contributed by atoms with E-state index in [-0.39, 0.29) is 0 Å². The molecule has 2 heteroatoms. The topological polar surface area (TPSA) is 52.0 Å². The second-order valence-corrected chi connectivity index (χ2v) is 7.09. The van der Waals surface area contributed by atoms with Crippen LogP contribution in [0.2, 0.25) is 0 Å². The Morgan fingerprint density at radius 2 is 1.07 bits per heavy atom. The molecular formula is C25H20N2. The zero-order valence-electron chi connectivity index (χ0n) is 14.9. The van der Waals surface area contributed by atoms with Crippen LogP contribution >= 0.6 is 0 Å². The Morgan fingerprint density at radius 3 is 1.74 bits per heavy atom. The summed E-state index contributed by atoms with van der Waals surface area (Å²) in [6.45, 7) is 0. The lowest BCUT2D eigenvalue weighted by atomic mass is 9.89.